The molecule has 0 atom stereocenters. The van der Waals surface area contributed by atoms with Crippen LogP contribution >= 0.6 is 0 Å². The molecule has 1 aliphatic carbocycles. The fourth-order valence-electron chi connectivity index (χ4n) is 1.97. The second-order valence-electron chi connectivity index (χ2n) is 4.40. The molecule has 0 unspecified atom stereocenters. The molecular weight excluding hydrogens is 277 g/mol. The summed E-state index contributed by atoms with van der Waals surface area (Å²) in [6.45, 7) is -3.02. The normalized spacial score (nSPS) is 21.2. The molecule has 0 saturated heterocycles. The van der Waals surface area contributed by atoms with Crippen LogP contribution in [0.2, 0.25) is 0 Å². The molecule has 110 valence electrons. The molecule has 0 amide bonds. The number of alkyl halides is 2. The summed E-state index contributed by atoms with van der Waals surface area (Å²) >= 11 is 0. The van der Waals surface area contributed by atoms with Crippen molar-refractivity contribution in [3.63, 3.8) is 0 Å². The summed E-state index contributed by atoms with van der Waals surface area (Å²) in [4.78, 5) is 11.2. The molecule has 7 heteroatoms. The number of methoxy groups -OCH3 is 1. The number of rotatable bonds is 5. The van der Waals surface area contributed by atoms with Gasteiger partial charge in [0.05, 0.1) is 13.0 Å². The molecule has 0 radical (unpaired) electrons. The van der Waals surface area contributed by atoms with Crippen LogP contribution in [0.1, 0.15) is 12.8 Å². The average Bonchev–Trinajstić information content (AvgIpc) is 2.35. The first-order valence-corrected chi connectivity index (χ1v) is 5.98. The molecule has 1 aliphatic rings. The number of carbonyl (C=O) groups excluding carboxylic acids is 1. The van der Waals surface area contributed by atoms with E-state index in [1.807, 2.05) is 0 Å². The van der Waals surface area contributed by atoms with Crippen LogP contribution in [-0.2, 0) is 9.53 Å². The zero-order valence-corrected chi connectivity index (χ0v) is 10.6. The molecule has 20 heavy (non-hydrogen) atoms. The second kappa shape index (κ2) is 6.02. The maximum Gasteiger partial charge on any atom is 0.387 e. The van der Waals surface area contributed by atoms with Gasteiger partial charge in [-0.05, 0) is 25.0 Å². The largest absolute Gasteiger partial charge is 0.486 e. The van der Waals surface area contributed by atoms with Crippen LogP contribution in [0.15, 0.2) is 18.2 Å². The third kappa shape index (κ3) is 3.34. The Morgan fingerprint density at radius 2 is 2.00 bits per heavy atom. The Hall–Kier alpha value is -1.92. The lowest BCUT2D eigenvalue weighted by Crippen LogP contribution is -2.38. The van der Waals surface area contributed by atoms with Crippen molar-refractivity contribution in [1.29, 1.82) is 0 Å². The summed E-state index contributed by atoms with van der Waals surface area (Å²) in [5.41, 5.74) is 0. The van der Waals surface area contributed by atoms with Gasteiger partial charge in [0.1, 0.15) is 11.9 Å². The van der Waals surface area contributed by atoms with Crippen molar-refractivity contribution in [2.24, 2.45) is 5.92 Å². The van der Waals surface area contributed by atoms with E-state index in [2.05, 4.69) is 9.47 Å². The lowest BCUT2D eigenvalue weighted by molar-refractivity contribution is -0.151. The van der Waals surface area contributed by atoms with Gasteiger partial charge in [-0.3, -0.25) is 4.79 Å². The van der Waals surface area contributed by atoms with Crippen molar-refractivity contribution in [2.45, 2.75) is 25.6 Å². The van der Waals surface area contributed by atoms with E-state index in [1.165, 1.54) is 7.11 Å². The third-order valence-electron chi connectivity index (χ3n) is 3.04. The summed E-state index contributed by atoms with van der Waals surface area (Å²) in [6, 6.07) is 3.05. The van der Waals surface area contributed by atoms with Crippen molar-refractivity contribution in [3.05, 3.63) is 24.0 Å². The number of hydrogen-bond acceptors (Lipinski definition) is 4. The van der Waals surface area contributed by atoms with Crippen LogP contribution in [0.3, 0.4) is 0 Å². The summed E-state index contributed by atoms with van der Waals surface area (Å²) in [7, 11) is 1.29. The molecule has 0 N–H and O–H groups in total. The lowest BCUT2D eigenvalue weighted by Gasteiger charge is -2.33. The number of ether oxygens (including phenoxy) is 3. The Balaban J connectivity index is 1.99. The van der Waals surface area contributed by atoms with E-state index < -0.39 is 12.4 Å². The topological polar surface area (TPSA) is 44.8 Å². The number of carbonyl (C=O) groups is 1. The van der Waals surface area contributed by atoms with Crippen LogP contribution < -0.4 is 9.47 Å². The molecule has 0 spiro atoms. The van der Waals surface area contributed by atoms with Gasteiger partial charge in [-0.2, -0.15) is 8.78 Å². The van der Waals surface area contributed by atoms with Gasteiger partial charge in [0.2, 0.25) is 0 Å². The predicted molar refractivity (Wildman–Crippen MR) is 62.2 cm³/mol. The van der Waals surface area contributed by atoms with E-state index in [0.717, 1.165) is 18.2 Å². The first-order chi connectivity index (χ1) is 9.49. The molecule has 0 aromatic heterocycles. The Kier molecular flexibility index (Phi) is 4.36. The number of halogens is 3. The molecule has 1 aromatic carbocycles. The van der Waals surface area contributed by atoms with Crippen molar-refractivity contribution in [1.82, 2.24) is 0 Å². The van der Waals surface area contributed by atoms with Gasteiger partial charge in [0.25, 0.3) is 0 Å². The molecule has 2 rings (SSSR count). The van der Waals surface area contributed by atoms with Crippen LogP contribution in [0.5, 0.6) is 11.5 Å². The first kappa shape index (κ1) is 14.5. The highest BCUT2D eigenvalue weighted by molar-refractivity contribution is 5.73. The second-order valence-corrected chi connectivity index (χ2v) is 4.40. The fourth-order valence-corrected chi connectivity index (χ4v) is 1.97. The Labute approximate surface area is 113 Å². The summed E-state index contributed by atoms with van der Waals surface area (Å²) in [5.74, 6) is -1.56. The lowest BCUT2D eigenvalue weighted by atomic mass is 9.82. The maximum atomic E-state index is 13.1. The van der Waals surface area contributed by atoms with Gasteiger partial charge in [0, 0.05) is 6.07 Å². The van der Waals surface area contributed by atoms with Crippen molar-refractivity contribution in [2.75, 3.05) is 7.11 Å². The van der Waals surface area contributed by atoms with Crippen molar-refractivity contribution < 1.29 is 32.2 Å². The molecule has 1 fully saturated rings. The molecule has 1 aromatic rings. The highest BCUT2D eigenvalue weighted by Crippen LogP contribution is 2.36. The van der Waals surface area contributed by atoms with Gasteiger partial charge in [0.15, 0.2) is 11.5 Å². The van der Waals surface area contributed by atoms with E-state index in [0.29, 0.717) is 12.8 Å². The standard InChI is InChI=1S/C13H13F3O4/c1-18-12(17)7-4-9(5-7)19-11-6-8(14)2-3-10(11)20-13(15)16/h2-3,6-7,9,13H,4-5H2,1H3/t7-,9-. The number of esters is 1. The zero-order valence-electron chi connectivity index (χ0n) is 10.6. The monoisotopic (exact) mass is 290 g/mol. The Morgan fingerprint density at radius 3 is 2.60 bits per heavy atom. The summed E-state index contributed by atoms with van der Waals surface area (Å²) < 4.78 is 51.8. The Bertz CT molecular complexity index is 487. The van der Waals surface area contributed by atoms with Gasteiger partial charge in [-0.15, -0.1) is 0 Å². The van der Waals surface area contributed by atoms with Gasteiger partial charge in [-0.25, -0.2) is 4.39 Å². The SMILES string of the molecule is COC(=O)[C@H]1C[C@H](Oc2cc(F)ccc2OC(F)F)C1. The molecule has 0 bridgehead atoms. The molecule has 0 heterocycles. The summed E-state index contributed by atoms with van der Waals surface area (Å²) in [5, 5.41) is 0. The highest BCUT2D eigenvalue weighted by Gasteiger charge is 2.37. The van der Waals surface area contributed by atoms with Crippen LogP contribution in [0.4, 0.5) is 13.2 Å². The smallest absolute Gasteiger partial charge is 0.387 e. The van der Waals surface area contributed by atoms with E-state index in [1.54, 1.807) is 0 Å². The molecule has 0 aliphatic heterocycles. The van der Waals surface area contributed by atoms with Gasteiger partial charge < -0.3 is 14.2 Å². The van der Waals surface area contributed by atoms with Crippen molar-refractivity contribution in [3.8, 4) is 11.5 Å². The minimum atomic E-state index is -3.02. The zero-order chi connectivity index (χ0) is 14.7. The molecule has 4 nitrogen and oxygen atoms in total. The quantitative estimate of drug-likeness (QED) is 0.782. The minimum Gasteiger partial charge on any atom is -0.486 e. The molecule has 1 saturated carbocycles. The minimum absolute atomic E-state index is 0.0985. The van der Waals surface area contributed by atoms with Gasteiger partial charge in [-0.1, -0.05) is 0 Å². The fraction of sp³-hybridized carbons (Fsp3) is 0.462. The maximum absolute atomic E-state index is 13.1. The number of hydrogen-bond donors (Lipinski definition) is 0. The Morgan fingerprint density at radius 1 is 1.30 bits per heavy atom. The predicted octanol–water partition coefficient (Wildman–Crippen LogP) is 2.76. The van der Waals surface area contributed by atoms with Crippen LogP contribution in [0, 0.1) is 11.7 Å². The number of benzene rings is 1. The van der Waals surface area contributed by atoms with E-state index in [4.69, 9.17) is 4.74 Å². The van der Waals surface area contributed by atoms with Crippen molar-refractivity contribution >= 4 is 5.97 Å². The summed E-state index contributed by atoms with van der Waals surface area (Å²) in [6.07, 6.45) is 0.454. The van der Waals surface area contributed by atoms with Crippen LogP contribution in [-0.4, -0.2) is 25.8 Å². The van der Waals surface area contributed by atoms with E-state index in [-0.39, 0.29) is 29.5 Å². The van der Waals surface area contributed by atoms with E-state index >= 15 is 0 Å². The van der Waals surface area contributed by atoms with Crippen LogP contribution in [0.25, 0.3) is 0 Å². The highest BCUT2D eigenvalue weighted by atomic mass is 19.3. The first-order valence-electron chi connectivity index (χ1n) is 5.98. The van der Waals surface area contributed by atoms with Gasteiger partial charge >= 0.3 is 12.6 Å². The molecular formula is C13H13F3O4. The third-order valence-corrected chi connectivity index (χ3v) is 3.04. The van der Waals surface area contributed by atoms with E-state index in [9.17, 15) is 18.0 Å². The average molecular weight is 290 g/mol.